The van der Waals surface area contributed by atoms with Gasteiger partial charge in [0.25, 0.3) is 0 Å². The van der Waals surface area contributed by atoms with Crippen molar-refractivity contribution < 1.29 is 0 Å². The number of hydrogen-bond donors (Lipinski definition) is 0. The van der Waals surface area contributed by atoms with Crippen LogP contribution in [0.15, 0.2) is 34.8 Å². The van der Waals surface area contributed by atoms with Gasteiger partial charge < -0.3 is 0 Å². The number of hydrogen-bond acceptors (Lipinski definition) is 1. The Morgan fingerprint density at radius 2 is 1.94 bits per heavy atom. The molecule has 2 aromatic rings. The van der Waals surface area contributed by atoms with Gasteiger partial charge in [0.15, 0.2) is 0 Å². The molecular weight excluding hydrogens is 264 g/mol. The van der Waals surface area contributed by atoms with Gasteiger partial charge in [-0.1, -0.05) is 15.9 Å². The molecule has 0 atom stereocenters. The molecule has 1 aliphatic carbocycles. The lowest BCUT2D eigenvalue weighted by atomic mass is 10.2. The third-order valence-electron chi connectivity index (χ3n) is 2.93. The Hall–Kier alpha value is -1.09. The average Bonchev–Trinajstić information content (AvgIpc) is 3.04. The molecule has 0 radical (unpaired) electrons. The van der Waals surface area contributed by atoms with Gasteiger partial charge in [-0.25, -0.2) is 4.68 Å². The molecule has 1 heterocycles. The van der Waals surface area contributed by atoms with Gasteiger partial charge >= 0.3 is 0 Å². The maximum atomic E-state index is 4.57. The van der Waals surface area contributed by atoms with Gasteiger partial charge in [-0.15, -0.1) is 0 Å². The number of halogens is 1. The highest BCUT2D eigenvalue weighted by atomic mass is 79.9. The summed E-state index contributed by atoms with van der Waals surface area (Å²) in [6.45, 7) is 2.06. The van der Waals surface area contributed by atoms with Gasteiger partial charge in [0.1, 0.15) is 0 Å². The summed E-state index contributed by atoms with van der Waals surface area (Å²) >= 11 is 3.45. The minimum absolute atomic E-state index is 0.727. The van der Waals surface area contributed by atoms with E-state index in [2.05, 4.69) is 63.0 Å². The van der Waals surface area contributed by atoms with Crippen molar-refractivity contribution >= 4 is 15.9 Å². The van der Waals surface area contributed by atoms with E-state index < -0.39 is 0 Å². The first-order valence-electron chi connectivity index (χ1n) is 5.56. The van der Waals surface area contributed by atoms with E-state index in [-0.39, 0.29) is 0 Å². The minimum Gasteiger partial charge on any atom is -0.237 e. The highest BCUT2D eigenvalue weighted by Gasteiger charge is 2.28. The lowest BCUT2D eigenvalue weighted by Crippen LogP contribution is -2.00. The van der Waals surface area contributed by atoms with Crippen molar-refractivity contribution in [2.24, 2.45) is 0 Å². The molecule has 2 nitrogen and oxygen atoms in total. The maximum absolute atomic E-state index is 4.57. The van der Waals surface area contributed by atoms with Crippen molar-refractivity contribution in [3.8, 4) is 5.69 Å². The lowest BCUT2D eigenvalue weighted by Gasteiger charge is -2.06. The third-order valence-corrected chi connectivity index (χ3v) is 3.45. The first-order valence-corrected chi connectivity index (χ1v) is 6.36. The Morgan fingerprint density at radius 3 is 2.56 bits per heavy atom. The van der Waals surface area contributed by atoms with Crippen molar-refractivity contribution in [3.63, 3.8) is 0 Å². The summed E-state index contributed by atoms with van der Waals surface area (Å²) in [5.41, 5.74) is 3.61. The molecule has 16 heavy (non-hydrogen) atoms. The molecule has 0 amide bonds. The third kappa shape index (κ3) is 1.80. The minimum atomic E-state index is 0.727. The van der Waals surface area contributed by atoms with Crippen LogP contribution in [0.25, 0.3) is 5.69 Å². The van der Waals surface area contributed by atoms with E-state index in [9.17, 15) is 0 Å². The normalized spacial score (nSPS) is 15.4. The fourth-order valence-corrected chi connectivity index (χ4v) is 2.24. The molecule has 0 N–H and O–H groups in total. The van der Waals surface area contributed by atoms with Crippen molar-refractivity contribution in [2.75, 3.05) is 0 Å². The van der Waals surface area contributed by atoms with Crippen LogP contribution >= 0.6 is 15.9 Å². The van der Waals surface area contributed by atoms with Gasteiger partial charge in [0.2, 0.25) is 0 Å². The molecule has 1 fully saturated rings. The second kappa shape index (κ2) is 3.74. The molecule has 0 spiro atoms. The van der Waals surface area contributed by atoms with Gasteiger partial charge in [0, 0.05) is 16.1 Å². The summed E-state index contributed by atoms with van der Waals surface area (Å²) in [4.78, 5) is 0. The number of rotatable bonds is 2. The van der Waals surface area contributed by atoms with E-state index in [0.717, 1.165) is 21.8 Å². The quantitative estimate of drug-likeness (QED) is 0.816. The van der Waals surface area contributed by atoms with E-state index >= 15 is 0 Å². The molecule has 1 saturated carbocycles. The van der Waals surface area contributed by atoms with E-state index in [4.69, 9.17) is 0 Å². The van der Waals surface area contributed by atoms with Gasteiger partial charge in [0.05, 0.1) is 11.4 Å². The van der Waals surface area contributed by atoms with E-state index in [0.29, 0.717) is 0 Å². The summed E-state index contributed by atoms with van der Waals surface area (Å²) in [6.07, 6.45) is 2.61. The fraction of sp³-hybridized carbons (Fsp3) is 0.308. The molecule has 1 aliphatic rings. The van der Waals surface area contributed by atoms with E-state index in [1.807, 2.05) is 0 Å². The molecule has 1 aromatic heterocycles. The van der Waals surface area contributed by atoms with Crippen LogP contribution in [0.4, 0.5) is 0 Å². The average molecular weight is 277 g/mol. The number of aryl methyl sites for hydroxylation is 1. The predicted molar refractivity (Wildman–Crippen MR) is 68.0 cm³/mol. The summed E-state index contributed by atoms with van der Waals surface area (Å²) in [5.74, 6) is 0.727. The first kappa shape index (κ1) is 10.1. The number of aromatic nitrogens is 2. The summed E-state index contributed by atoms with van der Waals surface area (Å²) < 4.78 is 3.19. The van der Waals surface area contributed by atoms with E-state index in [1.165, 1.54) is 18.5 Å². The summed E-state index contributed by atoms with van der Waals surface area (Å²) in [6, 6.07) is 10.5. The van der Waals surface area contributed by atoms with Crippen LogP contribution in [0.2, 0.25) is 0 Å². The summed E-state index contributed by atoms with van der Waals surface area (Å²) in [7, 11) is 0. The van der Waals surface area contributed by atoms with Crippen LogP contribution < -0.4 is 0 Å². The van der Waals surface area contributed by atoms with Crippen LogP contribution in [-0.4, -0.2) is 9.78 Å². The number of nitrogens with zero attached hydrogens (tertiary/aromatic N) is 2. The summed E-state index contributed by atoms with van der Waals surface area (Å²) in [5, 5.41) is 4.57. The van der Waals surface area contributed by atoms with Crippen LogP contribution in [-0.2, 0) is 0 Å². The molecule has 0 aliphatic heterocycles. The Balaban J connectivity index is 2.07. The molecule has 1 aromatic carbocycles. The van der Waals surface area contributed by atoms with Crippen LogP contribution in [0.3, 0.4) is 0 Å². The van der Waals surface area contributed by atoms with Gasteiger partial charge in [-0.2, -0.15) is 5.10 Å². The van der Waals surface area contributed by atoms with Gasteiger partial charge in [-0.3, -0.25) is 0 Å². The second-order valence-corrected chi connectivity index (χ2v) is 5.29. The molecule has 3 rings (SSSR count). The SMILES string of the molecule is Cc1cc(C2CC2)n(-c2ccc(Br)cc2)n1. The zero-order valence-corrected chi connectivity index (χ0v) is 10.7. The molecular formula is C13H13BrN2. The van der Waals surface area contributed by atoms with Crippen molar-refractivity contribution in [1.82, 2.24) is 9.78 Å². The van der Waals surface area contributed by atoms with Crippen molar-refractivity contribution in [3.05, 3.63) is 46.2 Å². The molecule has 0 bridgehead atoms. The zero-order valence-electron chi connectivity index (χ0n) is 9.15. The molecule has 3 heteroatoms. The van der Waals surface area contributed by atoms with Crippen LogP contribution in [0.5, 0.6) is 0 Å². The lowest BCUT2D eigenvalue weighted by molar-refractivity contribution is 0.799. The topological polar surface area (TPSA) is 17.8 Å². The van der Waals surface area contributed by atoms with Crippen molar-refractivity contribution in [2.45, 2.75) is 25.7 Å². The molecule has 0 unspecified atom stereocenters. The van der Waals surface area contributed by atoms with E-state index in [1.54, 1.807) is 0 Å². The Kier molecular flexibility index (Phi) is 2.36. The molecule has 82 valence electrons. The predicted octanol–water partition coefficient (Wildman–Crippen LogP) is 3.82. The zero-order chi connectivity index (χ0) is 11.1. The van der Waals surface area contributed by atoms with Crippen LogP contribution in [0, 0.1) is 6.92 Å². The Labute approximate surface area is 103 Å². The number of benzene rings is 1. The monoisotopic (exact) mass is 276 g/mol. The smallest absolute Gasteiger partial charge is 0.0649 e. The Bertz CT molecular complexity index is 509. The van der Waals surface area contributed by atoms with Gasteiger partial charge in [-0.05, 0) is 50.1 Å². The maximum Gasteiger partial charge on any atom is 0.0649 e. The largest absolute Gasteiger partial charge is 0.237 e. The fourth-order valence-electron chi connectivity index (χ4n) is 1.98. The standard InChI is InChI=1S/C13H13BrN2/c1-9-8-13(10-2-3-10)16(15-9)12-6-4-11(14)5-7-12/h4-8,10H,2-3H2,1H3. The second-order valence-electron chi connectivity index (χ2n) is 4.37. The highest BCUT2D eigenvalue weighted by molar-refractivity contribution is 9.10. The van der Waals surface area contributed by atoms with Crippen LogP contribution in [0.1, 0.15) is 30.1 Å². The van der Waals surface area contributed by atoms with Crippen molar-refractivity contribution in [1.29, 1.82) is 0 Å². The Morgan fingerprint density at radius 1 is 1.25 bits per heavy atom. The highest BCUT2D eigenvalue weighted by Crippen LogP contribution is 2.41. The molecule has 0 saturated heterocycles. The first-order chi connectivity index (χ1) is 7.74.